The number of aryl methyl sites for hydroxylation is 1. The number of rotatable bonds is 2. The zero-order chi connectivity index (χ0) is 9.42. The van der Waals surface area contributed by atoms with Crippen molar-refractivity contribution in [2.75, 3.05) is 0 Å². The van der Waals surface area contributed by atoms with Crippen molar-refractivity contribution in [3.8, 4) is 0 Å². The van der Waals surface area contributed by atoms with Crippen molar-refractivity contribution in [2.24, 2.45) is 11.7 Å². The first-order valence-electron chi connectivity index (χ1n) is 5.06. The lowest BCUT2D eigenvalue weighted by atomic mass is 9.70. The average Bonchev–Trinajstić information content (AvgIpc) is 2.61. The van der Waals surface area contributed by atoms with E-state index in [2.05, 4.69) is 26.0 Å². The van der Waals surface area contributed by atoms with Crippen LogP contribution in [0, 0.1) is 5.92 Å². The Morgan fingerprint density at radius 3 is 2.77 bits per heavy atom. The van der Waals surface area contributed by atoms with Crippen molar-refractivity contribution in [1.82, 2.24) is 0 Å². The number of thiophene rings is 1. The molecule has 0 amide bonds. The van der Waals surface area contributed by atoms with E-state index in [0.717, 1.165) is 12.3 Å². The van der Waals surface area contributed by atoms with E-state index >= 15 is 0 Å². The maximum absolute atomic E-state index is 5.89. The average molecular weight is 195 g/mol. The Morgan fingerprint density at radius 2 is 2.31 bits per heavy atom. The summed E-state index contributed by atoms with van der Waals surface area (Å²) in [7, 11) is 0. The molecule has 0 saturated heterocycles. The zero-order valence-electron chi connectivity index (χ0n) is 8.29. The first kappa shape index (κ1) is 9.22. The smallest absolute Gasteiger partial charge is 0.00829 e. The van der Waals surface area contributed by atoms with Gasteiger partial charge in [-0.2, -0.15) is 0 Å². The van der Waals surface area contributed by atoms with Gasteiger partial charge >= 0.3 is 0 Å². The van der Waals surface area contributed by atoms with Crippen molar-refractivity contribution < 1.29 is 0 Å². The van der Waals surface area contributed by atoms with Crippen LogP contribution in [0.2, 0.25) is 0 Å². The normalized spacial score (nSPS) is 33.0. The molecule has 2 heteroatoms. The summed E-state index contributed by atoms with van der Waals surface area (Å²) < 4.78 is 0. The van der Waals surface area contributed by atoms with E-state index in [1.165, 1.54) is 11.3 Å². The number of hydrogen-bond donors (Lipinski definition) is 1. The lowest BCUT2D eigenvalue weighted by molar-refractivity contribution is 0.230. The molecule has 2 N–H and O–H groups in total. The van der Waals surface area contributed by atoms with Crippen LogP contribution in [-0.2, 0) is 6.42 Å². The van der Waals surface area contributed by atoms with E-state index in [-0.39, 0.29) is 0 Å². The summed E-state index contributed by atoms with van der Waals surface area (Å²) in [4.78, 5) is 3.05. The SMILES string of the molecule is CCc1ccc(C2CC(N)C2C)s1. The van der Waals surface area contributed by atoms with Gasteiger partial charge in [0.05, 0.1) is 0 Å². The van der Waals surface area contributed by atoms with E-state index in [4.69, 9.17) is 5.73 Å². The predicted octanol–water partition coefficient (Wildman–Crippen LogP) is 2.76. The van der Waals surface area contributed by atoms with Crippen LogP contribution < -0.4 is 5.73 Å². The molecule has 1 aliphatic carbocycles. The first-order chi connectivity index (χ1) is 6.22. The lowest BCUT2D eigenvalue weighted by Crippen LogP contribution is -2.43. The van der Waals surface area contributed by atoms with Crippen molar-refractivity contribution in [3.63, 3.8) is 0 Å². The molecule has 1 saturated carbocycles. The second kappa shape index (κ2) is 3.43. The summed E-state index contributed by atoms with van der Waals surface area (Å²) in [5, 5.41) is 0. The van der Waals surface area contributed by atoms with E-state index < -0.39 is 0 Å². The standard InChI is InChI=1S/C11H17NS/c1-3-8-4-5-11(13-8)9-6-10(12)7(9)2/h4-5,7,9-10H,3,6,12H2,1-2H3. The molecule has 0 radical (unpaired) electrons. The highest BCUT2D eigenvalue weighted by Crippen LogP contribution is 2.43. The van der Waals surface area contributed by atoms with Gasteiger partial charge in [-0.1, -0.05) is 13.8 Å². The van der Waals surface area contributed by atoms with Gasteiger partial charge in [-0.05, 0) is 36.8 Å². The van der Waals surface area contributed by atoms with Crippen molar-refractivity contribution in [1.29, 1.82) is 0 Å². The monoisotopic (exact) mass is 195 g/mol. The molecule has 3 atom stereocenters. The Labute approximate surface area is 84.0 Å². The lowest BCUT2D eigenvalue weighted by Gasteiger charge is -2.39. The van der Waals surface area contributed by atoms with Crippen LogP contribution in [0.1, 0.15) is 35.9 Å². The fourth-order valence-corrected chi connectivity index (χ4v) is 3.17. The molecule has 2 rings (SSSR count). The summed E-state index contributed by atoms with van der Waals surface area (Å²) in [5.41, 5.74) is 5.89. The Balaban J connectivity index is 2.09. The van der Waals surface area contributed by atoms with E-state index in [9.17, 15) is 0 Å². The number of hydrogen-bond acceptors (Lipinski definition) is 2. The van der Waals surface area contributed by atoms with Gasteiger partial charge in [-0.15, -0.1) is 11.3 Å². The molecule has 1 nitrogen and oxygen atoms in total. The minimum Gasteiger partial charge on any atom is -0.327 e. The minimum absolute atomic E-state index is 0.442. The molecule has 0 aliphatic heterocycles. The third-order valence-corrected chi connectivity index (χ3v) is 4.59. The largest absolute Gasteiger partial charge is 0.327 e. The molecule has 1 aromatic rings. The molecular weight excluding hydrogens is 178 g/mol. The van der Waals surface area contributed by atoms with Crippen LogP contribution in [0.4, 0.5) is 0 Å². The van der Waals surface area contributed by atoms with Gasteiger partial charge in [0.25, 0.3) is 0 Å². The maximum atomic E-state index is 5.89. The summed E-state index contributed by atoms with van der Waals surface area (Å²) in [5.74, 6) is 1.43. The minimum atomic E-state index is 0.442. The van der Waals surface area contributed by atoms with Crippen molar-refractivity contribution in [3.05, 3.63) is 21.9 Å². The molecule has 0 bridgehead atoms. The maximum Gasteiger partial charge on any atom is 0.00829 e. The Bertz CT molecular complexity index is 292. The topological polar surface area (TPSA) is 26.0 Å². The van der Waals surface area contributed by atoms with Gasteiger partial charge in [0, 0.05) is 15.8 Å². The number of nitrogens with two attached hydrogens (primary N) is 1. The molecule has 72 valence electrons. The molecular formula is C11H17NS. The highest BCUT2D eigenvalue weighted by Gasteiger charge is 2.36. The summed E-state index contributed by atoms with van der Waals surface area (Å²) >= 11 is 1.97. The van der Waals surface area contributed by atoms with Gasteiger partial charge in [0.15, 0.2) is 0 Å². The van der Waals surface area contributed by atoms with Gasteiger partial charge in [0.2, 0.25) is 0 Å². The third kappa shape index (κ3) is 1.53. The molecule has 3 unspecified atom stereocenters. The molecule has 1 aromatic heterocycles. The first-order valence-corrected chi connectivity index (χ1v) is 5.88. The van der Waals surface area contributed by atoms with Gasteiger partial charge < -0.3 is 5.73 Å². The van der Waals surface area contributed by atoms with Crippen LogP contribution >= 0.6 is 11.3 Å². The fourth-order valence-electron chi connectivity index (χ4n) is 1.98. The summed E-state index contributed by atoms with van der Waals surface area (Å²) in [6.45, 7) is 4.48. The molecule has 0 aromatic carbocycles. The van der Waals surface area contributed by atoms with Crippen LogP contribution in [0.3, 0.4) is 0 Å². The zero-order valence-corrected chi connectivity index (χ0v) is 9.10. The Morgan fingerprint density at radius 1 is 1.54 bits per heavy atom. The quantitative estimate of drug-likeness (QED) is 0.771. The van der Waals surface area contributed by atoms with Crippen LogP contribution in [0.5, 0.6) is 0 Å². The van der Waals surface area contributed by atoms with Crippen LogP contribution in [-0.4, -0.2) is 6.04 Å². The predicted molar refractivity (Wildman–Crippen MR) is 58.2 cm³/mol. The third-order valence-electron chi connectivity index (χ3n) is 3.23. The molecule has 0 spiro atoms. The van der Waals surface area contributed by atoms with E-state index in [1.807, 2.05) is 11.3 Å². The van der Waals surface area contributed by atoms with E-state index in [0.29, 0.717) is 12.0 Å². The van der Waals surface area contributed by atoms with Gasteiger partial charge in [-0.25, -0.2) is 0 Å². The highest BCUT2D eigenvalue weighted by molar-refractivity contribution is 7.12. The molecule has 1 fully saturated rings. The van der Waals surface area contributed by atoms with Crippen LogP contribution in [0.25, 0.3) is 0 Å². The van der Waals surface area contributed by atoms with E-state index in [1.54, 1.807) is 4.88 Å². The Kier molecular flexibility index (Phi) is 2.43. The summed E-state index contributed by atoms with van der Waals surface area (Å²) in [6.07, 6.45) is 2.35. The fraction of sp³-hybridized carbons (Fsp3) is 0.636. The second-order valence-electron chi connectivity index (χ2n) is 4.02. The highest BCUT2D eigenvalue weighted by atomic mass is 32.1. The van der Waals surface area contributed by atoms with Gasteiger partial charge in [0.1, 0.15) is 0 Å². The van der Waals surface area contributed by atoms with Gasteiger partial charge in [-0.3, -0.25) is 0 Å². The molecule has 1 heterocycles. The summed E-state index contributed by atoms with van der Waals surface area (Å²) in [6, 6.07) is 4.99. The second-order valence-corrected chi connectivity index (χ2v) is 5.22. The van der Waals surface area contributed by atoms with Crippen LogP contribution in [0.15, 0.2) is 12.1 Å². The van der Waals surface area contributed by atoms with Crippen molar-refractivity contribution in [2.45, 2.75) is 38.6 Å². The van der Waals surface area contributed by atoms with Crippen molar-refractivity contribution >= 4 is 11.3 Å². The molecule has 1 aliphatic rings. The molecule has 13 heavy (non-hydrogen) atoms. The Hall–Kier alpha value is -0.340.